The van der Waals surface area contributed by atoms with Crippen LogP contribution < -0.4 is 5.14 Å². The van der Waals surface area contributed by atoms with Crippen molar-refractivity contribution < 1.29 is 8.42 Å². The Morgan fingerprint density at radius 1 is 1.32 bits per heavy atom. The minimum absolute atomic E-state index is 0.160. The second-order valence-electron chi connectivity index (χ2n) is 4.93. The summed E-state index contributed by atoms with van der Waals surface area (Å²) >= 11 is 0. The van der Waals surface area contributed by atoms with Gasteiger partial charge in [0.1, 0.15) is 5.69 Å². The van der Waals surface area contributed by atoms with Crippen LogP contribution in [0, 0.1) is 6.58 Å². The van der Waals surface area contributed by atoms with Crippen molar-refractivity contribution in [3.05, 3.63) is 42.2 Å². The summed E-state index contributed by atoms with van der Waals surface area (Å²) in [5.41, 5.74) is 1.70. The molecule has 0 atom stereocenters. The molecule has 0 aliphatic rings. The van der Waals surface area contributed by atoms with Gasteiger partial charge in [0.15, 0.2) is 0 Å². The van der Waals surface area contributed by atoms with E-state index in [9.17, 15) is 8.42 Å². The summed E-state index contributed by atoms with van der Waals surface area (Å²) in [5, 5.41) is 13.1. The quantitative estimate of drug-likeness (QED) is 0.742. The molecular weight excluding hydrogens is 302 g/mol. The fourth-order valence-electron chi connectivity index (χ4n) is 1.95. The van der Waals surface area contributed by atoms with E-state index in [1.165, 1.54) is 0 Å². The number of aromatic nitrogens is 4. The first-order valence-corrected chi connectivity index (χ1v) is 8.46. The monoisotopic (exact) mass is 320 g/mol. The summed E-state index contributed by atoms with van der Waals surface area (Å²) < 4.78 is 23.6. The number of allylic oxidation sites excluding steroid dienone is 1. The number of unbranched alkanes of at least 4 members (excludes halogenated alkanes) is 2. The molecule has 0 saturated carbocycles. The van der Waals surface area contributed by atoms with Crippen molar-refractivity contribution in [2.24, 2.45) is 5.14 Å². The number of rotatable bonds is 8. The summed E-state index contributed by atoms with van der Waals surface area (Å²) in [6, 6.07) is 3.77. The molecule has 22 heavy (non-hydrogen) atoms. The van der Waals surface area contributed by atoms with Crippen LogP contribution in [0.5, 0.6) is 0 Å². The molecule has 2 heterocycles. The lowest BCUT2D eigenvalue weighted by molar-refractivity contribution is 0.530. The summed E-state index contributed by atoms with van der Waals surface area (Å²) in [6.45, 7) is 6.09. The lowest BCUT2D eigenvalue weighted by atomic mass is 10.2. The third-order valence-corrected chi connectivity index (χ3v) is 4.11. The molecule has 0 unspecified atom stereocenters. The third-order valence-electron chi connectivity index (χ3n) is 3.17. The SMILES string of the molecule is [CH]=C(CCCCCn1cc(-c2cccnc2)nn1)S(N)(=O)=O. The van der Waals surface area contributed by atoms with Gasteiger partial charge in [0, 0.05) is 24.5 Å². The Morgan fingerprint density at radius 3 is 2.82 bits per heavy atom. The van der Waals surface area contributed by atoms with Crippen molar-refractivity contribution in [2.75, 3.05) is 0 Å². The highest BCUT2D eigenvalue weighted by molar-refractivity contribution is 7.93. The predicted octanol–water partition coefficient (Wildman–Crippen LogP) is 1.51. The van der Waals surface area contributed by atoms with Gasteiger partial charge in [-0.15, -0.1) is 5.10 Å². The van der Waals surface area contributed by atoms with Gasteiger partial charge < -0.3 is 0 Å². The number of pyridine rings is 1. The molecule has 2 N–H and O–H groups in total. The van der Waals surface area contributed by atoms with E-state index < -0.39 is 10.0 Å². The molecule has 117 valence electrons. The largest absolute Gasteiger partial charge is 0.264 e. The van der Waals surface area contributed by atoms with Crippen LogP contribution in [0.25, 0.3) is 11.3 Å². The predicted molar refractivity (Wildman–Crippen MR) is 82.6 cm³/mol. The maximum Gasteiger partial charge on any atom is 0.234 e. The molecule has 1 radical (unpaired) electrons. The summed E-state index contributed by atoms with van der Waals surface area (Å²) in [7, 11) is -3.71. The topological polar surface area (TPSA) is 104 Å². The molecule has 0 spiro atoms. The molecule has 2 aromatic rings. The van der Waals surface area contributed by atoms with E-state index in [4.69, 9.17) is 11.7 Å². The first-order chi connectivity index (χ1) is 10.5. The van der Waals surface area contributed by atoms with E-state index in [1.807, 2.05) is 18.3 Å². The average Bonchev–Trinajstić information content (AvgIpc) is 2.95. The molecule has 0 bridgehead atoms. The summed E-state index contributed by atoms with van der Waals surface area (Å²) in [6.07, 6.45) is 7.95. The standard InChI is InChI=1S/C14H18N5O2S/c1-12(22(15,20)21)6-3-2-4-9-19-11-14(17-18-19)13-7-5-8-16-10-13/h1,5,7-8,10-11H,2-4,6,9H2,(H2,15,20,21). The van der Waals surface area contributed by atoms with Crippen LogP contribution in [0.1, 0.15) is 25.7 Å². The van der Waals surface area contributed by atoms with Crippen LogP contribution in [0.3, 0.4) is 0 Å². The highest BCUT2D eigenvalue weighted by atomic mass is 32.2. The van der Waals surface area contributed by atoms with Crippen LogP contribution in [0.2, 0.25) is 0 Å². The maximum absolute atomic E-state index is 10.9. The number of primary sulfonamides is 1. The molecule has 0 aliphatic carbocycles. The normalized spacial score (nSPS) is 11.5. The minimum atomic E-state index is -3.71. The Hall–Kier alpha value is -2.06. The van der Waals surface area contributed by atoms with Crippen molar-refractivity contribution in [3.8, 4) is 11.3 Å². The van der Waals surface area contributed by atoms with Crippen LogP contribution in [0.15, 0.2) is 35.6 Å². The maximum atomic E-state index is 10.9. The Morgan fingerprint density at radius 2 is 2.14 bits per heavy atom. The van der Waals surface area contributed by atoms with E-state index in [1.54, 1.807) is 17.1 Å². The molecule has 2 rings (SSSR count). The second kappa shape index (κ2) is 7.28. The van der Waals surface area contributed by atoms with Gasteiger partial charge in [0.05, 0.1) is 11.1 Å². The number of hydrogen-bond acceptors (Lipinski definition) is 5. The van der Waals surface area contributed by atoms with Gasteiger partial charge >= 0.3 is 0 Å². The van der Waals surface area contributed by atoms with Gasteiger partial charge in [0.2, 0.25) is 10.0 Å². The number of nitrogens with two attached hydrogens (primary N) is 1. The fourth-order valence-corrected chi connectivity index (χ4v) is 2.38. The fraction of sp³-hybridized carbons (Fsp3) is 0.357. The van der Waals surface area contributed by atoms with Crippen LogP contribution in [0.4, 0.5) is 0 Å². The van der Waals surface area contributed by atoms with Gasteiger partial charge in [-0.3, -0.25) is 9.67 Å². The Bertz CT molecular complexity index is 725. The molecule has 0 fully saturated rings. The second-order valence-corrected chi connectivity index (χ2v) is 6.54. The molecule has 0 aromatic carbocycles. The number of hydrogen-bond donors (Lipinski definition) is 1. The van der Waals surface area contributed by atoms with Crippen molar-refractivity contribution in [3.63, 3.8) is 0 Å². The molecule has 8 heteroatoms. The van der Waals surface area contributed by atoms with E-state index in [-0.39, 0.29) is 11.3 Å². The molecule has 7 nitrogen and oxygen atoms in total. The van der Waals surface area contributed by atoms with Crippen molar-refractivity contribution in [2.45, 2.75) is 32.2 Å². The van der Waals surface area contributed by atoms with Crippen LogP contribution >= 0.6 is 0 Å². The Kier molecular flexibility index (Phi) is 5.40. The van der Waals surface area contributed by atoms with Crippen LogP contribution in [-0.2, 0) is 16.6 Å². The highest BCUT2D eigenvalue weighted by Gasteiger charge is 2.08. The van der Waals surface area contributed by atoms with Crippen molar-refractivity contribution in [1.82, 2.24) is 20.0 Å². The van der Waals surface area contributed by atoms with Crippen molar-refractivity contribution in [1.29, 1.82) is 0 Å². The van der Waals surface area contributed by atoms with Gasteiger partial charge in [-0.25, -0.2) is 13.6 Å². The lowest BCUT2D eigenvalue weighted by Crippen LogP contribution is -2.13. The van der Waals surface area contributed by atoms with E-state index in [0.717, 1.165) is 24.1 Å². The van der Waals surface area contributed by atoms with Gasteiger partial charge in [-0.1, -0.05) is 11.6 Å². The van der Waals surface area contributed by atoms with Crippen molar-refractivity contribution >= 4 is 10.0 Å². The Balaban J connectivity index is 1.75. The average molecular weight is 320 g/mol. The third kappa shape index (κ3) is 4.74. The molecule has 0 saturated heterocycles. The lowest BCUT2D eigenvalue weighted by Gasteiger charge is -2.03. The summed E-state index contributed by atoms with van der Waals surface area (Å²) in [5.74, 6) is 0. The smallest absolute Gasteiger partial charge is 0.234 e. The van der Waals surface area contributed by atoms with E-state index in [0.29, 0.717) is 13.0 Å². The number of nitrogens with zero attached hydrogens (tertiary/aromatic N) is 4. The van der Waals surface area contributed by atoms with E-state index >= 15 is 0 Å². The first-order valence-electron chi connectivity index (χ1n) is 6.91. The zero-order valence-corrected chi connectivity index (χ0v) is 12.9. The Labute approximate surface area is 129 Å². The number of sulfonamides is 1. The van der Waals surface area contributed by atoms with Gasteiger partial charge in [0.25, 0.3) is 0 Å². The van der Waals surface area contributed by atoms with E-state index in [2.05, 4.69) is 15.3 Å². The zero-order valence-electron chi connectivity index (χ0n) is 12.1. The first kappa shape index (κ1) is 16.3. The molecular formula is C14H18N5O2S. The van der Waals surface area contributed by atoms with Gasteiger partial charge in [-0.05, 0) is 38.0 Å². The van der Waals surface area contributed by atoms with Crippen LogP contribution in [-0.4, -0.2) is 28.4 Å². The highest BCUT2D eigenvalue weighted by Crippen LogP contribution is 2.14. The zero-order chi connectivity index (χ0) is 16.0. The minimum Gasteiger partial charge on any atom is -0.264 e. The number of aryl methyl sites for hydroxylation is 1. The molecule has 0 aliphatic heterocycles. The molecule has 0 amide bonds. The molecule has 2 aromatic heterocycles. The summed E-state index contributed by atoms with van der Waals surface area (Å²) in [4.78, 5) is 3.88. The van der Waals surface area contributed by atoms with Gasteiger partial charge in [-0.2, -0.15) is 0 Å².